The second-order valence-electron chi connectivity index (χ2n) is 5.40. The largest absolute Gasteiger partial charge is 0.307 e. The van der Waals surface area contributed by atoms with Crippen molar-refractivity contribution < 1.29 is 0 Å². The van der Waals surface area contributed by atoms with E-state index in [0.29, 0.717) is 12.1 Å². The summed E-state index contributed by atoms with van der Waals surface area (Å²) in [5.74, 6) is 0.916. The molecule has 0 radical (unpaired) electrons. The van der Waals surface area contributed by atoms with Gasteiger partial charge in [-0.25, -0.2) is 0 Å². The molecule has 94 valence electrons. The van der Waals surface area contributed by atoms with E-state index in [9.17, 15) is 0 Å². The van der Waals surface area contributed by atoms with Crippen LogP contribution in [-0.2, 0) is 0 Å². The summed E-state index contributed by atoms with van der Waals surface area (Å²) in [6, 6.07) is 9.29. The standard InChI is InChI=1S/C15H22ClN/c1-11-3-9-15(10-4-11)17-12(2)13-5-7-14(16)8-6-13/h5-8,11-12,15,17H,3-4,9-10H2,1-2H3/t11?,12-,15?/m0/s1. The summed E-state index contributed by atoms with van der Waals surface area (Å²) >= 11 is 5.90. The highest BCUT2D eigenvalue weighted by Gasteiger charge is 2.19. The average molecular weight is 252 g/mol. The molecule has 0 bridgehead atoms. The molecule has 1 N–H and O–H groups in total. The first-order chi connectivity index (χ1) is 8.15. The van der Waals surface area contributed by atoms with Gasteiger partial charge < -0.3 is 5.32 Å². The Kier molecular flexibility index (Phi) is 4.47. The summed E-state index contributed by atoms with van der Waals surface area (Å²) in [4.78, 5) is 0. The molecule has 1 aliphatic rings. The van der Waals surface area contributed by atoms with Gasteiger partial charge >= 0.3 is 0 Å². The number of halogens is 1. The van der Waals surface area contributed by atoms with Gasteiger partial charge in [-0.15, -0.1) is 0 Å². The fourth-order valence-electron chi connectivity index (χ4n) is 2.63. The number of nitrogens with one attached hydrogen (secondary N) is 1. The Morgan fingerprint density at radius 2 is 1.71 bits per heavy atom. The minimum atomic E-state index is 0.422. The van der Waals surface area contributed by atoms with Crippen LogP contribution in [0, 0.1) is 5.92 Å². The lowest BCUT2D eigenvalue weighted by Crippen LogP contribution is -2.34. The minimum Gasteiger partial charge on any atom is -0.307 e. The van der Waals surface area contributed by atoms with E-state index in [1.54, 1.807) is 0 Å². The monoisotopic (exact) mass is 251 g/mol. The molecule has 0 saturated heterocycles. The molecule has 2 rings (SSSR count). The third-order valence-electron chi connectivity index (χ3n) is 3.87. The summed E-state index contributed by atoms with van der Waals surface area (Å²) in [5, 5.41) is 4.54. The lowest BCUT2D eigenvalue weighted by atomic mass is 9.87. The molecule has 1 saturated carbocycles. The highest BCUT2D eigenvalue weighted by atomic mass is 35.5. The number of rotatable bonds is 3. The molecule has 0 amide bonds. The van der Waals surface area contributed by atoms with Crippen molar-refractivity contribution in [3.8, 4) is 0 Å². The Morgan fingerprint density at radius 3 is 2.29 bits per heavy atom. The molecule has 0 spiro atoms. The van der Waals surface area contributed by atoms with Gasteiger partial charge in [0.05, 0.1) is 0 Å². The summed E-state index contributed by atoms with van der Waals surface area (Å²) in [5.41, 5.74) is 1.33. The normalized spacial score (nSPS) is 26.8. The van der Waals surface area contributed by atoms with Crippen molar-refractivity contribution in [1.29, 1.82) is 0 Å². The summed E-state index contributed by atoms with van der Waals surface area (Å²) < 4.78 is 0. The zero-order valence-corrected chi connectivity index (χ0v) is 11.5. The van der Waals surface area contributed by atoms with E-state index < -0.39 is 0 Å². The Hall–Kier alpha value is -0.530. The molecule has 1 aliphatic carbocycles. The zero-order valence-electron chi connectivity index (χ0n) is 10.7. The molecule has 0 aliphatic heterocycles. The predicted octanol–water partition coefficient (Wildman–Crippen LogP) is 4.57. The summed E-state index contributed by atoms with van der Waals surface area (Å²) in [6.45, 7) is 4.60. The van der Waals surface area contributed by atoms with Gasteiger partial charge in [-0.05, 0) is 56.2 Å². The average Bonchev–Trinajstić information content (AvgIpc) is 2.33. The predicted molar refractivity (Wildman–Crippen MR) is 74.4 cm³/mol. The first-order valence-electron chi connectivity index (χ1n) is 6.66. The van der Waals surface area contributed by atoms with Crippen LogP contribution >= 0.6 is 11.6 Å². The molecular weight excluding hydrogens is 230 g/mol. The first-order valence-corrected chi connectivity index (χ1v) is 7.04. The van der Waals surface area contributed by atoms with Gasteiger partial charge in [-0.3, -0.25) is 0 Å². The van der Waals surface area contributed by atoms with Crippen molar-refractivity contribution in [3.63, 3.8) is 0 Å². The van der Waals surface area contributed by atoms with E-state index in [4.69, 9.17) is 11.6 Å². The fraction of sp³-hybridized carbons (Fsp3) is 0.600. The molecule has 17 heavy (non-hydrogen) atoms. The van der Waals surface area contributed by atoms with Gasteiger partial charge in [0.25, 0.3) is 0 Å². The summed E-state index contributed by atoms with van der Waals surface area (Å²) in [7, 11) is 0. The maximum Gasteiger partial charge on any atom is 0.0406 e. The Bertz CT molecular complexity index is 338. The number of benzene rings is 1. The second-order valence-corrected chi connectivity index (χ2v) is 5.83. The van der Waals surface area contributed by atoms with Gasteiger partial charge in [-0.2, -0.15) is 0 Å². The maximum absolute atomic E-state index is 5.90. The molecule has 1 nitrogen and oxygen atoms in total. The van der Waals surface area contributed by atoms with Crippen LogP contribution in [0.2, 0.25) is 5.02 Å². The van der Waals surface area contributed by atoms with Crippen LogP contribution in [0.25, 0.3) is 0 Å². The van der Waals surface area contributed by atoms with E-state index in [1.165, 1.54) is 31.2 Å². The van der Waals surface area contributed by atoms with Crippen LogP contribution in [0.3, 0.4) is 0 Å². The van der Waals surface area contributed by atoms with Crippen LogP contribution in [0.15, 0.2) is 24.3 Å². The quantitative estimate of drug-likeness (QED) is 0.830. The van der Waals surface area contributed by atoms with Gasteiger partial charge in [0, 0.05) is 17.1 Å². The van der Waals surface area contributed by atoms with Crippen molar-refractivity contribution >= 4 is 11.6 Å². The number of hydrogen-bond acceptors (Lipinski definition) is 1. The molecular formula is C15H22ClN. The van der Waals surface area contributed by atoms with Crippen LogP contribution in [0.1, 0.15) is 51.1 Å². The van der Waals surface area contributed by atoms with Gasteiger partial charge in [-0.1, -0.05) is 30.7 Å². The van der Waals surface area contributed by atoms with E-state index in [1.807, 2.05) is 12.1 Å². The molecule has 2 heteroatoms. The van der Waals surface area contributed by atoms with Gasteiger partial charge in [0.15, 0.2) is 0 Å². The zero-order chi connectivity index (χ0) is 12.3. The lowest BCUT2D eigenvalue weighted by molar-refractivity contribution is 0.292. The van der Waals surface area contributed by atoms with Crippen molar-refractivity contribution in [2.45, 2.75) is 51.6 Å². The van der Waals surface area contributed by atoms with Crippen molar-refractivity contribution in [2.75, 3.05) is 0 Å². The van der Waals surface area contributed by atoms with E-state index in [0.717, 1.165) is 10.9 Å². The lowest BCUT2D eigenvalue weighted by Gasteiger charge is -2.29. The molecule has 0 heterocycles. The van der Waals surface area contributed by atoms with Gasteiger partial charge in [0.1, 0.15) is 0 Å². The third-order valence-corrected chi connectivity index (χ3v) is 4.12. The Morgan fingerprint density at radius 1 is 1.12 bits per heavy atom. The van der Waals surface area contributed by atoms with Crippen LogP contribution in [-0.4, -0.2) is 6.04 Å². The molecule has 0 unspecified atom stereocenters. The fourth-order valence-corrected chi connectivity index (χ4v) is 2.75. The van der Waals surface area contributed by atoms with Crippen molar-refractivity contribution in [1.82, 2.24) is 5.32 Å². The van der Waals surface area contributed by atoms with E-state index in [2.05, 4.69) is 31.3 Å². The first kappa shape index (κ1) is 12.9. The highest BCUT2D eigenvalue weighted by Crippen LogP contribution is 2.25. The third kappa shape index (κ3) is 3.72. The highest BCUT2D eigenvalue weighted by molar-refractivity contribution is 6.30. The maximum atomic E-state index is 5.90. The second kappa shape index (κ2) is 5.88. The summed E-state index contributed by atoms with van der Waals surface area (Å²) in [6.07, 6.45) is 5.37. The Labute approximate surface area is 110 Å². The molecule has 1 atom stereocenters. The number of hydrogen-bond donors (Lipinski definition) is 1. The SMILES string of the molecule is CC1CCC(N[C@@H](C)c2ccc(Cl)cc2)CC1. The van der Waals surface area contributed by atoms with Crippen molar-refractivity contribution in [2.24, 2.45) is 5.92 Å². The van der Waals surface area contributed by atoms with E-state index >= 15 is 0 Å². The smallest absolute Gasteiger partial charge is 0.0406 e. The van der Waals surface area contributed by atoms with Crippen LogP contribution in [0.4, 0.5) is 0 Å². The molecule has 1 aromatic rings. The molecule has 1 fully saturated rings. The Balaban J connectivity index is 1.88. The molecule has 1 aromatic carbocycles. The molecule has 0 aromatic heterocycles. The van der Waals surface area contributed by atoms with Crippen molar-refractivity contribution in [3.05, 3.63) is 34.9 Å². The van der Waals surface area contributed by atoms with Crippen LogP contribution < -0.4 is 5.32 Å². The van der Waals surface area contributed by atoms with Gasteiger partial charge in [0.2, 0.25) is 0 Å². The van der Waals surface area contributed by atoms with E-state index in [-0.39, 0.29) is 0 Å². The van der Waals surface area contributed by atoms with Crippen LogP contribution in [0.5, 0.6) is 0 Å². The minimum absolute atomic E-state index is 0.422. The topological polar surface area (TPSA) is 12.0 Å².